The number of hydrogen-bond acceptors (Lipinski definition) is 3. The van der Waals surface area contributed by atoms with Crippen LogP contribution in [0.2, 0.25) is 0 Å². The van der Waals surface area contributed by atoms with Gasteiger partial charge < -0.3 is 9.80 Å². The lowest BCUT2D eigenvalue weighted by Gasteiger charge is -2.34. The maximum atomic E-state index is 12.2. The molecule has 0 bridgehead atoms. The molecular weight excluding hydrogens is 262 g/mol. The van der Waals surface area contributed by atoms with Crippen LogP contribution in [-0.2, 0) is 4.79 Å². The van der Waals surface area contributed by atoms with E-state index in [0.717, 1.165) is 13.1 Å². The molecule has 3 rings (SSSR count). The highest BCUT2D eigenvalue weighted by Gasteiger charge is 2.33. The predicted molar refractivity (Wildman–Crippen MR) is 83.9 cm³/mol. The minimum Gasteiger partial charge on any atom is -0.321 e. The van der Waals surface area contributed by atoms with Crippen molar-refractivity contribution in [1.82, 2.24) is 15.1 Å². The largest absolute Gasteiger partial charge is 0.321 e. The zero-order valence-corrected chi connectivity index (χ0v) is 13.0. The summed E-state index contributed by atoms with van der Waals surface area (Å²) in [5.74, 6) is 0.828. The van der Waals surface area contributed by atoms with Crippen LogP contribution in [0.1, 0.15) is 30.1 Å². The Morgan fingerprint density at radius 2 is 2.05 bits per heavy atom. The number of piperidine rings is 1. The first-order chi connectivity index (χ1) is 10.1. The van der Waals surface area contributed by atoms with Gasteiger partial charge in [0.05, 0.1) is 6.54 Å². The van der Waals surface area contributed by atoms with Gasteiger partial charge in [0.1, 0.15) is 6.17 Å². The highest BCUT2D eigenvalue weighted by Crippen LogP contribution is 2.26. The monoisotopic (exact) mass is 287 g/mol. The van der Waals surface area contributed by atoms with Crippen molar-refractivity contribution >= 4 is 5.91 Å². The summed E-state index contributed by atoms with van der Waals surface area (Å²) in [4.78, 5) is 16.6. The van der Waals surface area contributed by atoms with E-state index in [0.29, 0.717) is 12.5 Å². The number of rotatable bonds is 3. The predicted octanol–water partition coefficient (Wildman–Crippen LogP) is 1.77. The van der Waals surface area contributed by atoms with Crippen LogP contribution < -0.4 is 5.32 Å². The summed E-state index contributed by atoms with van der Waals surface area (Å²) < 4.78 is 0. The van der Waals surface area contributed by atoms with E-state index in [1.807, 2.05) is 4.90 Å². The zero-order valence-electron chi connectivity index (χ0n) is 13.0. The number of carbonyl (C=O) groups is 1. The molecule has 0 aliphatic carbocycles. The lowest BCUT2D eigenvalue weighted by Crippen LogP contribution is -2.41. The summed E-state index contributed by atoms with van der Waals surface area (Å²) in [6.45, 7) is 5.71. The molecule has 4 nitrogen and oxygen atoms in total. The molecule has 1 aromatic carbocycles. The Bertz CT molecular complexity index is 499. The maximum Gasteiger partial charge on any atom is 0.238 e. The van der Waals surface area contributed by atoms with Gasteiger partial charge in [0, 0.05) is 13.1 Å². The lowest BCUT2D eigenvalue weighted by atomic mass is 9.97. The number of hydrogen-bond donors (Lipinski definition) is 1. The molecule has 2 aliphatic rings. The summed E-state index contributed by atoms with van der Waals surface area (Å²) in [6, 6.07) is 8.50. The highest BCUT2D eigenvalue weighted by molar-refractivity contribution is 5.81. The van der Waals surface area contributed by atoms with Crippen LogP contribution in [0, 0.1) is 12.8 Å². The van der Waals surface area contributed by atoms with Crippen LogP contribution in [0.15, 0.2) is 24.3 Å². The molecule has 2 aliphatic heterocycles. The van der Waals surface area contributed by atoms with Gasteiger partial charge in [0.25, 0.3) is 0 Å². The van der Waals surface area contributed by atoms with E-state index >= 15 is 0 Å². The van der Waals surface area contributed by atoms with Crippen molar-refractivity contribution in [1.29, 1.82) is 0 Å². The van der Waals surface area contributed by atoms with Crippen LogP contribution >= 0.6 is 0 Å². The first-order valence-electron chi connectivity index (χ1n) is 7.91. The van der Waals surface area contributed by atoms with E-state index in [1.54, 1.807) is 0 Å². The van der Waals surface area contributed by atoms with E-state index < -0.39 is 0 Å². The van der Waals surface area contributed by atoms with Gasteiger partial charge in [0.2, 0.25) is 5.91 Å². The third-order valence-electron chi connectivity index (χ3n) is 4.65. The second-order valence-electron chi connectivity index (χ2n) is 6.51. The molecule has 0 aromatic heterocycles. The fourth-order valence-electron chi connectivity index (χ4n) is 3.49. The van der Waals surface area contributed by atoms with Gasteiger partial charge in [-0.1, -0.05) is 29.8 Å². The Kier molecular flexibility index (Phi) is 4.27. The molecule has 0 radical (unpaired) electrons. The molecular formula is C17H25N3O. The summed E-state index contributed by atoms with van der Waals surface area (Å²) in [5, 5.41) is 3.36. The van der Waals surface area contributed by atoms with Crippen molar-refractivity contribution in [2.75, 3.05) is 33.2 Å². The number of carbonyl (C=O) groups excluding carboxylic acids is 1. The molecule has 2 heterocycles. The summed E-state index contributed by atoms with van der Waals surface area (Å²) >= 11 is 0. The first kappa shape index (κ1) is 14.5. The molecule has 114 valence electrons. The molecule has 2 unspecified atom stereocenters. The second-order valence-corrected chi connectivity index (χ2v) is 6.51. The van der Waals surface area contributed by atoms with Crippen LogP contribution in [-0.4, -0.2) is 48.9 Å². The van der Waals surface area contributed by atoms with Crippen molar-refractivity contribution in [2.24, 2.45) is 5.92 Å². The Morgan fingerprint density at radius 1 is 1.29 bits per heavy atom. The van der Waals surface area contributed by atoms with E-state index in [4.69, 9.17) is 0 Å². The standard InChI is InChI=1S/C17H25N3O/c1-13-5-7-15(8-6-13)17-18-10-16(21)20(17)12-14-4-3-9-19(2)11-14/h5-8,14,17-18H,3-4,9-12H2,1-2H3. The van der Waals surface area contributed by atoms with Crippen molar-refractivity contribution in [2.45, 2.75) is 25.9 Å². The van der Waals surface area contributed by atoms with Crippen molar-refractivity contribution in [3.05, 3.63) is 35.4 Å². The molecule has 4 heteroatoms. The molecule has 1 amide bonds. The quantitative estimate of drug-likeness (QED) is 0.920. The number of benzene rings is 1. The highest BCUT2D eigenvalue weighted by atomic mass is 16.2. The zero-order chi connectivity index (χ0) is 14.8. The third kappa shape index (κ3) is 3.27. The molecule has 1 N–H and O–H groups in total. The number of likely N-dealkylation sites (tertiary alicyclic amines) is 1. The fraction of sp³-hybridized carbons (Fsp3) is 0.588. The molecule has 1 aromatic rings. The molecule has 2 atom stereocenters. The second kappa shape index (κ2) is 6.16. The minimum absolute atomic E-state index is 0.0466. The number of nitrogens with one attached hydrogen (secondary N) is 1. The van der Waals surface area contributed by atoms with Gasteiger partial charge in [0.15, 0.2) is 0 Å². The van der Waals surface area contributed by atoms with Gasteiger partial charge in [-0.3, -0.25) is 10.1 Å². The van der Waals surface area contributed by atoms with Gasteiger partial charge in [-0.05, 0) is 44.8 Å². The molecule has 0 spiro atoms. The molecule has 2 saturated heterocycles. The Morgan fingerprint density at radius 3 is 2.76 bits per heavy atom. The summed E-state index contributed by atoms with van der Waals surface area (Å²) in [6.07, 6.45) is 2.52. The lowest BCUT2D eigenvalue weighted by molar-refractivity contribution is -0.128. The topological polar surface area (TPSA) is 35.6 Å². The van der Waals surface area contributed by atoms with Crippen LogP contribution in [0.5, 0.6) is 0 Å². The Balaban J connectivity index is 1.71. The van der Waals surface area contributed by atoms with Gasteiger partial charge in [-0.25, -0.2) is 0 Å². The third-order valence-corrected chi connectivity index (χ3v) is 4.65. The first-order valence-corrected chi connectivity index (χ1v) is 7.91. The van der Waals surface area contributed by atoms with E-state index in [9.17, 15) is 4.79 Å². The SMILES string of the molecule is Cc1ccc(C2NCC(=O)N2CC2CCCN(C)C2)cc1. The number of aryl methyl sites for hydroxylation is 1. The number of amides is 1. The Hall–Kier alpha value is -1.39. The normalized spacial score (nSPS) is 27.3. The average molecular weight is 287 g/mol. The number of nitrogens with zero attached hydrogens (tertiary/aromatic N) is 2. The molecule has 0 saturated carbocycles. The molecule has 21 heavy (non-hydrogen) atoms. The maximum absolute atomic E-state index is 12.2. The smallest absolute Gasteiger partial charge is 0.238 e. The van der Waals surface area contributed by atoms with Crippen molar-refractivity contribution in [3.8, 4) is 0 Å². The van der Waals surface area contributed by atoms with E-state index in [-0.39, 0.29) is 12.1 Å². The Labute approximate surface area is 127 Å². The fourth-order valence-corrected chi connectivity index (χ4v) is 3.49. The summed E-state index contributed by atoms with van der Waals surface area (Å²) in [7, 11) is 2.17. The summed E-state index contributed by atoms with van der Waals surface area (Å²) in [5.41, 5.74) is 2.44. The van der Waals surface area contributed by atoms with Gasteiger partial charge in [-0.15, -0.1) is 0 Å². The van der Waals surface area contributed by atoms with E-state index in [2.05, 4.69) is 48.5 Å². The van der Waals surface area contributed by atoms with Crippen LogP contribution in [0.4, 0.5) is 0 Å². The molecule has 2 fully saturated rings. The van der Waals surface area contributed by atoms with Crippen LogP contribution in [0.25, 0.3) is 0 Å². The van der Waals surface area contributed by atoms with Crippen LogP contribution in [0.3, 0.4) is 0 Å². The van der Waals surface area contributed by atoms with Gasteiger partial charge >= 0.3 is 0 Å². The van der Waals surface area contributed by atoms with E-state index in [1.165, 1.54) is 30.5 Å². The average Bonchev–Trinajstić information content (AvgIpc) is 2.81. The van der Waals surface area contributed by atoms with Crippen molar-refractivity contribution in [3.63, 3.8) is 0 Å². The minimum atomic E-state index is 0.0466. The van der Waals surface area contributed by atoms with Crippen molar-refractivity contribution < 1.29 is 4.79 Å². The van der Waals surface area contributed by atoms with Gasteiger partial charge in [-0.2, -0.15) is 0 Å².